The van der Waals surface area contributed by atoms with Gasteiger partial charge in [0.05, 0.1) is 5.56 Å². The van der Waals surface area contributed by atoms with E-state index in [0.717, 1.165) is 0 Å². The van der Waals surface area contributed by atoms with Gasteiger partial charge in [0.15, 0.2) is 5.82 Å². The summed E-state index contributed by atoms with van der Waals surface area (Å²) in [6.07, 6.45) is -5.67. The van der Waals surface area contributed by atoms with Crippen molar-refractivity contribution in [1.82, 2.24) is 10.1 Å². The van der Waals surface area contributed by atoms with Gasteiger partial charge in [0.1, 0.15) is 12.2 Å². The predicted octanol–water partition coefficient (Wildman–Crippen LogP) is 3.31. The normalized spacial score (nSPS) is 11.8. The molecule has 0 saturated heterocycles. The van der Waals surface area contributed by atoms with Crippen molar-refractivity contribution in [3.8, 4) is 17.2 Å². The topological polar surface area (TPSA) is 59.2 Å². The van der Waals surface area contributed by atoms with Crippen LogP contribution in [0.15, 0.2) is 27.2 Å². The van der Waals surface area contributed by atoms with Crippen molar-refractivity contribution in [3.05, 3.63) is 28.5 Å². The number of hydrogen-bond donors (Lipinski definition) is 1. The van der Waals surface area contributed by atoms with Crippen LogP contribution in [-0.4, -0.2) is 21.4 Å². The average molecular weight is 323 g/mol. The molecule has 1 aromatic heterocycles. The number of phenols is 1. The first kappa shape index (κ1) is 12.9. The number of nitrogens with zero attached hydrogens (tertiary/aromatic N) is 2. The smallest absolute Gasteiger partial charge is 0.396 e. The Morgan fingerprint density at radius 3 is 2.67 bits per heavy atom. The largest absolute Gasteiger partial charge is 0.507 e. The SMILES string of the molecule is Oc1cc(Br)ccc1-c1nc(CC(F)(F)F)no1. The maximum absolute atomic E-state index is 12.1. The van der Waals surface area contributed by atoms with Crippen molar-refractivity contribution in [1.29, 1.82) is 0 Å². The third-order valence-electron chi connectivity index (χ3n) is 2.02. The second-order valence-corrected chi connectivity index (χ2v) is 4.38. The van der Waals surface area contributed by atoms with Crippen LogP contribution >= 0.6 is 15.9 Å². The maximum atomic E-state index is 12.1. The lowest BCUT2D eigenvalue weighted by molar-refractivity contribution is -0.128. The number of halogens is 4. The van der Waals surface area contributed by atoms with Gasteiger partial charge in [-0.3, -0.25) is 0 Å². The number of aromatic nitrogens is 2. The van der Waals surface area contributed by atoms with Crippen molar-refractivity contribution in [3.63, 3.8) is 0 Å². The van der Waals surface area contributed by atoms with Gasteiger partial charge in [-0.05, 0) is 18.2 Å². The van der Waals surface area contributed by atoms with E-state index < -0.39 is 18.4 Å². The van der Waals surface area contributed by atoms with Gasteiger partial charge in [-0.25, -0.2) is 0 Å². The Balaban J connectivity index is 2.29. The van der Waals surface area contributed by atoms with E-state index in [0.29, 0.717) is 4.47 Å². The second-order valence-electron chi connectivity index (χ2n) is 3.47. The zero-order valence-corrected chi connectivity index (χ0v) is 10.3. The molecule has 2 rings (SSSR count). The van der Waals surface area contributed by atoms with Crippen LogP contribution in [0.3, 0.4) is 0 Å². The molecule has 0 atom stereocenters. The van der Waals surface area contributed by atoms with Crippen molar-refractivity contribution < 1.29 is 22.8 Å². The lowest BCUT2D eigenvalue weighted by Crippen LogP contribution is -2.12. The molecule has 0 bridgehead atoms. The van der Waals surface area contributed by atoms with Gasteiger partial charge in [0.2, 0.25) is 0 Å². The van der Waals surface area contributed by atoms with E-state index in [2.05, 4.69) is 30.6 Å². The van der Waals surface area contributed by atoms with Crippen LogP contribution in [0.5, 0.6) is 5.75 Å². The first-order chi connectivity index (χ1) is 8.35. The van der Waals surface area contributed by atoms with E-state index in [4.69, 9.17) is 0 Å². The van der Waals surface area contributed by atoms with E-state index in [1.165, 1.54) is 12.1 Å². The zero-order valence-electron chi connectivity index (χ0n) is 8.70. The zero-order chi connectivity index (χ0) is 13.3. The summed E-state index contributed by atoms with van der Waals surface area (Å²) < 4.78 is 41.6. The quantitative estimate of drug-likeness (QED) is 0.921. The molecular weight excluding hydrogens is 317 g/mol. The summed E-state index contributed by atoms with van der Waals surface area (Å²) in [5.74, 6) is -0.786. The highest BCUT2D eigenvalue weighted by atomic mass is 79.9. The summed E-state index contributed by atoms with van der Waals surface area (Å²) in [6.45, 7) is 0. The molecule has 18 heavy (non-hydrogen) atoms. The van der Waals surface area contributed by atoms with E-state index >= 15 is 0 Å². The van der Waals surface area contributed by atoms with Crippen LogP contribution in [0.25, 0.3) is 11.5 Å². The summed E-state index contributed by atoms with van der Waals surface area (Å²) in [4.78, 5) is 3.58. The Bertz CT molecular complexity index is 568. The van der Waals surface area contributed by atoms with Crippen molar-refractivity contribution in [2.45, 2.75) is 12.6 Å². The van der Waals surface area contributed by atoms with Gasteiger partial charge in [-0.15, -0.1) is 0 Å². The van der Waals surface area contributed by atoms with E-state index in [1.807, 2.05) is 0 Å². The Kier molecular flexibility index (Phi) is 3.29. The number of hydrogen-bond acceptors (Lipinski definition) is 4. The Labute approximate surface area is 108 Å². The van der Waals surface area contributed by atoms with Crippen LogP contribution < -0.4 is 0 Å². The van der Waals surface area contributed by atoms with Crippen LogP contribution in [0, 0.1) is 0 Å². The van der Waals surface area contributed by atoms with Crippen molar-refractivity contribution in [2.24, 2.45) is 0 Å². The Morgan fingerprint density at radius 1 is 1.33 bits per heavy atom. The van der Waals surface area contributed by atoms with E-state index in [9.17, 15) is 18.3 Å². The van der Waals surface area contributed by atoms with E-state index in [-0.39, 0.29) is 17.2 Å². The molecule has 1 aromatic carbocycles. The second kappa shape index (κ2) is 4.60. The first-order valence-electron chi connectivity index (χ1n) is 4.73. The number of aromatic hydroxyl groups is 1. The van der Waals surface area contributed by atoms with Crippen molar-refractivity contribution in [2.75, 3.05) is 0 Å². The molecule has 2 aromatic rings. The minimum Gasteiger partial charge on any atom is -0.507 e. The van der Waals surface area contributed by atoms with Gasteiger partial charge < -0.3 is 9.63 Å². The fraction of sp³-hybridized carbons (Fsp3) is 0.200. The van der Waals surface area contributed by atoms with Gasteiger partial charge in [0.25, 0.3) is 5.89 Å². The standard InChI is InChI=1S/C10H6BrF3N2O2/c11-5-1-2-6(7(17)3-5)9-15-8(16-18-9)4-10(12,13)14/h1-3,17H,4H2. The average Bonchev–Trinajstić information content (AvgIpc) is 2.63. The van der Waals surface area contributed by atoms with Gasteiger partial charge >= 0.3 is 6.18 Å². The lowest BCUT2D eigenvalue weighted by Gasteiger charge is -2.00. The molecule has 0 aliphatic carbocycles. The predicted molar refractivity (Wildman–Crippen MR) is 58.9 cm³/mol. The third kappa shape index (κ3) is 3.00. The lowest BCUT2D eigenvalue weighted by atomic mass is 10.2. The number of alkyl halides is 3. The molecule has 0 aliphatic rings. The van der Waals surface area contributed by atoms with Gasteiger partial charge in [0, 0.05) is 4.47 Å². The first-order valence-corrected chi connectivity index (χ1v) is 5.53. The monoisotopic (exact) mass is 322 g/mol. The highest BCUT2D eigenvalue weighted by molar-refractivity contribution is 9.10. The molecule has 0 spiro atoms. The van der Waals surface area contributed by atoms with Crippen molar-refractivity contribution >= 4 is 15.9 Å². The molecule has 0 radical (unpaired) electrons. The summed E-state index contributed by atoms with van der Waals surface area (Å²) in [5.41, 5.74) is 0.180. The molecule has 96 valence electrons. The van der Waals surface area contributed by atoms with Crippen LogP contribution in [0.2, 0.25) is 0 Å². The summed E-state index contributed by atoms with van der Waals surface area (Å²) in [7, 11) is 0. The molecule has 1 N–H and O–H groups in total. The maximum Gasteiger partial charge on any atom is 0.396 e. The molecule has 8 heteroatoms. The third-order valence-corrected chi connectivity index (χ3v) is 2.51. The number of benzene rings is 1. The van der Waals surface area contributed by atoms with Gasteiger partial charge in [-0.1, -0.05) is 21.1 Å². The Hall–Kier alpha value is -1.57. The van der Waals surface area contributed by atoms with Gasteiger partial charge in [-0.2, -0.15) is 18.2 Å². The highest BCUT2D eigenvalue weighted by Crippen LogP contribution is 2.31. The molecule has 0 aliphatic heterocycles. The molecule has 0 saturated carbocycles. The van der Waals surface area contributed by atoms with E-state index in [1.54, 1.807) is 6.07 Å². The number of phenolic OH excluding ortho intramolecular Hbond substituents is 1. The minimum absolute atomic E-state index is 0.153. The summed E-state index contributed by atoms with van der Waals surface area (Å²) in [5, 5.41) is 12.8. The Morgan fingerprint density at radius 2 is 2.06 bits per heavy atom. The molecule has 0 fully saturated rings. The molecular formula is C10H6BrF3N2O2. The minimum atomic E-state index is -4.40. The summed E-state index contributed by atoms with van der Waals surface area (Å²) in [6, 6.07) is 4.44. The number of rotatable bonds is 2. The highest BCUT2D eigenvalue weighted by Gasteiger charge is 2.30. The molecule has 1 heterocycles. The fourth-order valence-corrected chi connectivity index (χ4v) is 1.65. The molecule has 0 unspecified atom stereocenters. The van der Waals surface area contributed by atoms with Crippen LogP contribution in [0.1, 0.15) is 5.82 Å². The summed E-state index contributed by atoms with van der Waals surface area (Å²) >= 11 is 3.14. The fourth-order valence-electron chi connectivity index (χ4n) is 1.30. The molecule has 4 nitrogen and oxygen atoms in total. The molecule has 0 amide bonds. The van der Waals surface area contributed by atoms with Crippen LogP contribution in [0.4, 0.5) is 13.2 Å². The van der Waals surface area contributed by atoms with Crippen LogP contribution in [-0.2, 0) is 6.42 Å².